The lowest BCUT2D eigenvalue weighted by Crippen LogP contribution is -2.10. The average Bonchev–Trinajstić information content (AvgIpc) is 2.29. The van der Waals surface area contributed by atoms with Crippen molar-refractivity contribution in [2.24, 2.45) is 11.5 Å². The van der Waals surface area contributed by atoms with Crippen LogP contribution in [0.25, 0.3) is 0 Å². The first kappa shape index (κ1) is 13.4. The van der Waals surface area contributed by atoms with E-state index in [0.29, 0.717) is 17.2 Å². The van der Waals surface area contributed by atoms with Gasteiger partial charge in [0.25, 0.3) is 0 Å². The van der Waals surface area contributed by atoms with Crippen LogP contribution in [0.15, 0.2) is 24.3 Å². The van der Waals surface area contributed by atoms with E-state index in [2.05, 4.69) is 0 Å². The van der Waals surface area contributed by atoms with E-state index in [0.717, 1.165) is 25.0 Å². The van der Waals surface area contributed by atoms with Gasteiger partial charge in [0, 0.05) is 5.56 Å². The Morgan fingerprint density at radius 3 is 2.35 bits per heavy atom. The number of ether oxygens (including phenoxy) is 1. The van der Waals surface area contributed by atoms with Crippen LogP contribution in [0.3, 0.4) is 0 Å². The summed E-state index contributed by atoms with van der Waals surface area (Å²) in [4.78, 5) is 11.4. The summed E-state index contributed by atoms with van der Waals surface area (Å²) >= 11 is 4.77. The van der Waals surface area contributed by atoms with Gasteiger partial charge in [-0.3, -0.25) is 4.79 Å². The highest BCUT2D eigenvalue weighted by molar-refractivity contribution is 7.80. The predicted molar refractivity (Wildman–Crippen MR) is 71.1 cm³/mol. The molecule has 4 N–H and O–H groups in total. The van der Waals surface area contributed by atoms with Gasteiger partial charge in [0.1, 0.15) is 5.75 Å². The van der Waals surface area contributed by atoms with Crippen LogP contribution in [0.1, 0.15) is 29.6 Å². The highest BCUT2D eigenvalue weighted by atomic mass is 32.1. The summed E-state index contributed by atoms with van der Waals surface area (Å²) in [7, 11) is 0. The molecule has 1 rings (SSSR count). The van der Waals surface area contributed by atoms with Crippen molar-refractivity contribution in [1.29, 1.82) is 0 Å². The van der Waals surface area contributed by atoms with Gasteiger partial charge in [0.05, 0.1) is 11.6 Å². The summed E-state index contributed by atoms with van der Waals surface area (Å²) in [6, 6.07) is 6.75. The van der Waals surface area contributed by atoms with Crippen LogP contribution in [0.5, 0.6) is 5.75 Å². The quantitative estimate of drug-likeness (QED) is 0.571. The number of carbonyl (C=O) groups excluding carboxylic acids is 1. The zero-order valence-corrected chi connectivity index (χ0v) is 10.3. The lowest BCUT2D eigenvalue weighted by molar-refractivity contribution is 0.100. The number of carbonyl (C=O) groups is 1. The van der Waals surface area contributed by atoms with E-state index in [4.69, 9.17) is 28.4 Å². The van der Waals surface area contributed by atoms with Crippen molar-refractivity contribution in [1.82, 2.24) is 0 Å². The summed E-state index contributed by atoms with van der Waals surface area (Å²) in [6.07, 6.45) is 2.57. The summed E-state index contributed by atoms with van der Waals surface area (Å²) < 4.78 is 5.49. The molecule has 0 heterocycles. The number of nitrogens with two attached hydrogens (primary N) is 2. The van der Waals surface area contributed by atoms with Gasteiger partial charge in [0.15, 0.2) is 0 Å². The molecule has 0 atom stereocenters. The Labute approximate surface area is 106 Å². The van der Waals surface area contributed by atoms with Crippen molar-refractivity contribution >= 4 is 23.1 Å². The zero-order valence-electron chi connectivity index (χ0n) is 9.52. The van der Waals surface area contributed by atoms with E-state index in [1.165, 1.54) is 0 Å². The second kappa shape index (κ2) is 6.85. The fourth-order valence-electron chi connectivity index (χ4n) is 1.31. The largest absolute Gasteiger partial charge is 0.494 e. The third-order valence-electron chi connectivity index (χ3n) is 2.23. The highest BCUT2D eigenvalue weighted by Crippen LogP contribution is 2.12. The fourth-order valence-corrected chi connectivity index (χ4v) is 1.45. The van der Waals surface area contributed by atoms with Gasteiger partial charge in [-0.25, -0.2) is 0 Å². The maximum Gasteiger partial charge on any atom is 0.248 e. The Kier molecular flexibility index (Phi) is 5.42. The minimum Gasteiger partial charge on any atom is -0.494 e. The highest BCUT2D eigenvalue weighted by Gasteiger charge is 2.00. The molecule has 0 aliphatic carbocycles. The van der Waals surface area contributed by atoms with Crippen molar-refractivity contribution in [2.45, 2.75) is 19.3 Å². The van der Waals surface area contributed by atoms with Crippen molar-refractivity contribution in [2.75, 3.05) is 6.61 Å². The first-order valence-corrected chi connectivity index (χ1v) is 5.81. The fraction of sp³-hybridized carbons (Fsp3) is 0.333. The molecular formula is C12H16N2O2S. The summed E-state index contributed by atoms with van der Waals surface area (Å²) in [6.45, 7) is 0.610. The Balaban J connectivity index is 2.27. The Morgan fingerprint density at radius 1 is 1.18 bits per heavy atom. The van der Waals surface area contributed by atoms with Crippen LogP contribution < -0.4 is 16.2 Å². The van der Waals surface area contributed by atoms with Crippen LogP contribution in [0.4, 0.5) is 0 Å². The van der Waals surface area contributed by atoms with E-state index in [1.807, 2.05) is 0 Å². The van der Waals surface area contributed by atoms with Crippen molar-refractivity contribution < 1.29 is 9.53 Å². The van der Waals surface area contributed by atoms with Crippen LogP contribution in [-0.4, -0.2) is 17.5 Å². The number of rotatable bonds is 7. The molecule has 0 aromatic heterocycles. The molecule has 0 bridgehead atoms. The number of thiocarbonyl (C=S) groups is 1. The molecule has 1 aromatic rings. The molecule has 0 unspecified atom stereocenters. The van der Waals surface area contributed by atoms with Crippen molar-refractivity contribution in [3.05, 3.63) is 29.8 Å². The minimum atomic E-state index is -0.437. The molecule has 17 heavy (non-hydrogen) atoms. The third-order valence-corrected chi connectivity index (χ3v) is 2.43. The topological polar surface area (TPSA) is 78.3 Å². The number of benzene rings is 1. The summed E-state index contributed by atoms with van der Waals surface area (Å²) in [5.74, 6) is 0.290. The Morgan fingerprint density at radius 2 is 1.82 bits per heavy atom. The molecule has 0 radical (unpaired) electrons. The van der Waals surface area contributed by atoms with Crippen molar-refractivity contribution in [3.8, 4) is 5.75 Å². The average molecular weight is 252 g/mol. The van der Waals surface area contributed by atoms with E-state index in [-0.39, 0.29) is 0 Å². The minimum absolute atomic E-state index is 0.437. The van der Waals surface area contributed by atoms with Gasteiger partial charge in [-0.05, 0) is 43.5 Å². The van der Waals surface area contributed by atoms with E-state index in [1.54, 1.807) is 24.3 Å². The smallest absolute Gasteiger partial charge is 0.248 e. The third kappa shape index (κ3) is 5.31. The molecule has 1 amide bonds. The lowest BCUT2D eigenvalue weighted by atomic mass is 10.2. The molecular weight excluding hydrogens is 236 g/mol. The normalized spacial score (nSPS) is 9.88. The number of unbranched alkanes of at least 4 members (excludes halogenated alkanes) is 1. The predicted octanol–water partition coefficient (Wildman–Crippen LogP) is 1.62. The number of amides is 1. The molecule has 4 nitrogen and oxygen atoms in total. The van der Waals surface area contributed by atoms with Crippen LogP contribution >= 0.6 is 12.2 Å². The van der Waals surface area contributed by atoms with Crippen LogP contribution in [0, 0.1) is 0 Å². The standard InChI is InChI=1S/C12H16N2O2S/c13-11(17)3-1-2-8-16-10-6-4-9(5-7-10)12(14)15/h4-7H,1-3,8H2,(H2,13,17)(H2,14,15). The van der Waals surface area contributed by atoms with Gasteiger partial charge in [-0.15, -0.1) is 0 Å². The van der Waals surface area contributed by atoms with Crippen molar-refractivity contribution in [3.63, 3.8) is 0 Å². The molecule has 0 saturated carbocycles. The Hall–Kier alpha value is -1.62. The summed E-state index contributed by atoms with van der Waals surface area (Å²) in [5, 5.41) is 0. The first-order valence-electron chi connectivity index (χ1n) is 5.40. The van der Waals surface area contributed by atoms with Crippen LogP contribution in [0.2, 0.25) is 0 Å². The zero-order chi connectivity index (χ0) is 12.7. The lowest BCUT2D eigenvalue weighted by Gasteiger charge is -2.06. The second-order valence-corrected chi connectivity index (χ2v) is 4.18. The van der Waals surface area contributed by atoms with Gasteiger partial charge in [-0.2, -0.15) is 0 Å². The number of hydrogen-bond acceptors (Lipinski definition) is 3. The number of hydrogen-bond donors (Lipinski definition) is 2. The van der Waals surface area contributed by atoms with Crippen LogP contribution in [-0.2, 0) is 0 Å². The summed E-state index contributed by atoms with van der Waals surface area (Å²) in [5.41, 5.74) is 11.0. The van der Waals surface area contributed by atoms with E-state index >= 15 is 0 Å². The maximum absolute atomic E-state index is 10.8. The number of primary amides is 1. The maximum atomic E-state index is 10.8. The molecule has 0 spiro atoms. The Bertz CT molecular complexity index is 390. The molecule has 5 heteroatoms. The van der Waals surface area contributed by atoms with Gasteiger partial charge in [-0.1, -0.05) is 12.2 Å². The second-order valence-electron chi connectivity index (χ2n) is 3.66. The molecule has 0 aliphatic rings. The first-order chi connectivity index (χ1) is 8.09. The molecule has 92 valence electrons. The molecule has 0 aliphatic heterocycles. The molecule has 0 saturated heterocycles. The SMILES string of the molecule is NC(=O)c1ccc(OCCCCC(N)=S)cc1. The molecule has 0 fully saturated rings. The molecule has 1 aromatic carbocycles. The van der Waals surface area contributed by atoms with E-state index < -0.39 is 5.91 Å². The monoisotopic (exact) mass is 252 g/mol. The van der Waals surface area contributed by atoms with E-state index in [9.17, 15) is 4.79 Å². The van der Waals surface area contributed by atoms with Gasteiger partial charge < -0.3 is 16.2 Å². The van der Waals surface area contributed by atoms with Gasteiger partial charge in [0.2, 0.25) is 5.91 Å². The van der Waals surface area contributed by atoms with Gasteiger partial charge >= 0.3 is 0 Å².